The molecule has 1 fully saturated rings. The summed E-state index contributed by atoms with van der Waals surface area (Å²) in [7, 11) is -3.61. The van der Waals surface area contributed by atoms with Gasteiger partial charge >= 0.3 is 0 Å². The Labute approximate surface area is 185 Å². The summed E-state index contributed by atoms with van der Waals surface area (Å²) in [5.41, 5.74) is 0.883. The lowest BCUT2D eigenvalue weighted by Crippen LogP contribution is -2.48. The lowest BCUT2D eigenvalue weighted by Gasteiger charge is -2.35. The van der Waals surface area contributed by atoms with Gasteiger partial charge in [0.2, 0.25) is 10.0 Å². The van der Waals surface area contributed by atoms with E-state index in [-0.39, 0.29) is 35.0 Å². The summed E-state index contributed by atoms with van der Waals surface area (Å²) in [5, 5.41) is 11.7. The van der Waals surface area contributed by atoms with Crippen LogP contribution in [-0.2, 0) is 10.0 Å². The highest BCUT2D eigenvalue weighted by atomic mass is 32.2. The van der Waals surface area contributed by atoms with Crippen LogP contribution in [0.1, 0.15) is 15.9 Å². The SMILES string of the molecule is O=C(c1ccccc1)c1ccc(N2CCN(S(=O)(=O)c3ccccc3)CC2)c([N+](=O)[O-])c1. The number of hydrogen-bond acceptors (Lipinski definition) is 6. The molecule has 9 heteroatoms. The van der Waals surface area contributed by atoms with Crippen molar-refractivity contribution in [2.24, 2.45) is 0 Å². The molecule has 164 valence electrons. The maximum absolute atomic E-state index is 12.8. The summed E-state index contributed by atoms with van der Waals surface area (Å²) in [6, 6.07) is 21.2. The Bertz CT molecular complexity index is 1240. The maximum atomic E-state index is 12.8. The summed E-state index contributed by atoms with van der Waals surface area (Å²) in [5.74, 6) is -0.293. The van der Waals surface area contributed by atoms with Crippen molar-refractivity contribution in [2.45, 2.75) is 4.90 Å². The first-order valence-corrected chi connectivity index (χ1v) is 11.5. The number of anilines is 1. The van der Waals surface area contributed by atoms with E-state index in [0.717, 1.165) is 0 Å². The minimum absolute atomic E-state index is 0.175. The van der Waals surface area contributed by atoms with Crippen LogP contribution in [-0.4, -0.2) is 49.6 Å². The average Bonchev–Trinajstić information content (AvgIpc) is 2.84. The molecule has 0 atom stereocenters. The zero-order chi connectivity index (χ0) is 22.7. The first kappa shape index (κ1) is 21.7. The molecule has 0 unspecified atom stereocenters. The molecule has 8 nitrogen and oxygen atoms in total. The van der Waals surface area contributed by atoms with E-state index < -0.39 is 14.9 Å². The molecule has 0 spiro atoms. The molecule has 0 saturated carbocycles. The van der Waals surface area contributed by atoms with Gasteiger partial charge in [-0.1, -0.05) is 48.5 Å². The highest BCUT2D eigenvalue weighted by Gasteiger charge is 2.31. The van der Waals surface area contributed by atoms with Gasteiger partial charge in [0.1, 0.15) is 5.69 Å². The fourth-order valence-corrected chi connectivity index (χ4v) is 5.19. The van der Waals surface area contributed by atoms with Crippen LogP contribution < -0.4 is 4.90 Å². The molecular formula is C23H21N3O5S. The van der Waals surface area contributed by atoms with Crippen molar-refractivity contribution in [1.29, 1.82) is 0 Å². The lowest BCUT2D eigenvalue weighted by atomic mass is 10.0. The molecule has 0 radical (unpaired) electrons. The number of hydrogen-bond donors (Lipinski definition) is 0. The molecule has 1 aliphatic rings. The number of carbonyl (C=O) groups is 1. The first-order valence-electron chi connectivity index (χ1n) is 10.1. The topological polar surface area (TPSA) is 101 Å². The smallest absolute Gasteiger partial charge is 0.293 e. The molecule has 1 saturated heterocycles. The normalized spacial score (nSPS) is 14.8. The van der Waals surface area contributed by atoms with Gasteiger partial charge in [0.25, 0.3) is 5.69 Å². The zero-order valence-electron chi connectivity index (χ0n) is 17.1. The number of ketones is 1. The van der Waals surface area contributed by atoms with E-state index in [1.807, 2.05) is 0 Å². The van der Waals surface area contributed by atoms with Gasteiger partial charge in [-0.2, -0.15) is 4.31 Å². The van der Waals surface area contributed by atoms with Crippen molar-refractivity contribution >= 4 is 27.2 Å². The Morgan fingerprint density at radius 3 is 2.00 bits per heavy atom. The van der Waals surface area contributed by atoms with Gasteiger partial charge in [0.15, 0.2) is 5.78 Å². The fourth-order valence-electron chi connectivity index (χ4n) is 3.75. The quantitative estimate of drug-likeness (QED) is 0.324. The van der Waals surface area contributed by atoms with E-state index in [4.69, 9.17) is 0 Å². The zero-order valence-corrected chi connectivity index (χ0v) is 17.9. The molecule has 0 N–H and O–H groups in total. The molecular weight excluding hydrogens is 430 g/mol. The van der Waals surface area contributed by atoms with E-state index in [1.165, 1.54) is 10.4 Å². The van der Waals surface area contributed by atoms with E-state index in [1.54, 1.807) is 77.7 Å². The number of sulfonamides is 1. The van der Waals surface area contributed by atoms with Crippen LogP contribution >= 0.6 is 0 Å². The van der Waals surface area contributed by atoms with Crippen molar-refractivity contribution in [3.63, 3.8) is 0 Å². The van der Waals surface area contributed by atoms with Gasteiger partial charge in [0, 0.05) is 43.4 Å². The van der Waals surface area contributed by atoms with Gasteiger partial charge in [-0.15, -0.1) is 0 Å². The van der Waals surface area contributed by atoms with Crippen LogP contribution in [0.4, 0.5) is 11.4 Å². The first-order chi connectivity index (χ1) is 15.4. The average molecular weight is 452 g/mol. The second kappa shape index (κ2) is 8.89. The number of nitrogens with zero attached hydrogens (tertiary/aromatic N) is 3. The minimum Gasteiger partial charge on any atom is -0.363 e. The van der Waals surface area contributed by atoms with Gasteiger partial charge in [-0.3, -0.25) is 14.9 Å². The monoisotopic (exact) mass is 451 g/mol. The third-order valence-corrected chi connectivity index (χ3v) is 7.34. The van der Waals surface area contributed by atoms with Crippen LogP contribution in [0.15, 0.2) is 83.8 Å². The second-order valence-electron chi connectivity index (χ2n) is 7.36. The van der Waals surface area contributed by atoms with Crippen LogP contribution in [0.2, 0.25) is 0 Å². The molecule has 1 heterocycles. The van der Waals surface area contributed by atoms with E-state index in [9.17, 15) is 23.3 Å². The summed E-state index contributed by atoms with van der Waals surface area (Å²) in [6.07, 6.45) is 0. The van der Waals surface area contributed by atoms with Crippen molar-refractivity contribution in [1.82, 2.24) is 4.31 Å². The number of rotatable bonds is 6. The van der Waals surface area contributed by atoms with E-state index in [0.29, 0.717) is 24.3 Å². The summed E-state index contributed by atoms with van der Waals surface area (Å²) in [4.78, 5) is 25.9. The fraction of sp³-hybridized carbons (Fsp3) is 0.174. The molecule has 0 aliphatic carbocycles. The van der Waals surface area contributed by atoms with Gasteiger partial charge < -0.3 is 4.90 Å². The summed E-state index contributed by atoms with van der Waals surface area (Å²) < 4.78 is 27.0. The van der Waals surface area contributed by atoms with Gasteiger partial charge in [0.05, 0.1) is 9.82 Å². The standard InChI is InChI=1S/C23H21N3O5S/c27-23(18-7-3-1-4-8-18)19-11-12-21(22(17-19)26(28)29)24-13-15-25(16-14-24)32(30,31)20-9-5-2-6-10-20/h1-12,17H,13-16H2. The summed E-state index contributed by atoms with van der Waals surface area (Å²) in [6.45, 7) is 1.02. The molecule has 0 bridgehead atoms. The van der Waals surface area contributed by atoms with Gasteiger partial charge in [-0.05, 0) is 24.3 Å². The third kappa shape index (κ3) is 4.25. The Morgan fingerprint density at radius 2 is 1.41 bits per heavy atom. The molecule has 32 heavy (non-hydrogen) atoms. The number of benzene rings is 3. The van der Waals surface area contributed by atoms with Crippen LogP contribution in [0.5, 0.6) is 0 Å². The third-order valence-electron chi connectivity index (χ3n) is 5.43. The Kier molecular flexibility index (Phi) is 6.02. The van der Waals surface area contributed by atoms with Crippen molar-refractivity contribution in [3.8, 4) is 0 Å². The Morgan fingerprint density at radius 1 is 0.812 bits per heavy atom. The van der Waals surface area contributed by atoms with E-state index >= 15 is 0 Å². The lowest BCUT2D eigenvalue weighted by molar-refractivity contribution is -0.384. The number of nitro benzene ring substituents is 1. The number of nitro groups is 1. The number of piperazine rings is 1. The number of carbonyl (C=O) groups excluding carboxylic acids is 1. The molecule has 0 amide bonds. The predicted molar refractivity (Wildman–Crippen MR) is 120 cm³/mol. The van der Waals surface area contributed by atoms with Crippen LogP contribution in [0, 0.1) is 10.1 Å². The van der Waals surface area contributed by atoms with Crippen molar-refractivity contribution in [3.05, 3.63) is 100 Å². The molecule has 3 aromatic rings. The highest BCUT2D eigenvalue weighted by Crippen LogP contribution is 2.31. The van der Waals surface area contributed by atoms with Gasteiger partial charge in [-0.25, -0.2) is 8.42 Å². The molecule has 3 aromatic carbocycles. The molecule has 4 rings (SSSR count). The van der Waals surface area contributed by atoms with Crippen molar-refractivity contribution in [2.75, 3.05) is 31.1 Å². The van der Waals surface area contributed by atoms with Crippen LogP contribution in [0.25, 0.3) is 0 Å². The second-order valence-corrected chi connectivity index (χ2v) is 9.30. The van der Waals surface area contributed by atoms with E-state index in [2.05, 4.69) is 0 Å². The largest absolute Gasteiger partial charge is 0.363 e. The highest BCUT2D eigenvalue weighted by molar-refractivity contribution is 7.89. The minimum atomic E-state index is -3.61. The Balaban J connectivity index is 1.55. The van der Waals surface area contributed by atoms with Crippen molar-refractivity contribution < 1.29 is 18.1 Å². The maximum Gasteiger partial charge on any atom is 0.293 e. The predicted octanol–water partition coefficient (Wildman–Crippen LogP) is 3.34. The Hall–Kier alpha value is -3.56. The van der Waals surface area contributed by atoms with Crippen LogP contribution in [0.3, 0.4) is 0 Å². The molecule has 0 aromatic heterocycles. The molecule has 1 aliphatic heterocycles. The summed E-state index contributed by atoms with van der Waals surface area (Å²) >= 11 is 0.